The number of hydrogen-bond acceptors (Lipinski definition) is 7. The number of carbonyl (C=O) groups excluding carboxylic acids is 1. The number of H-pyrrole nitrogens is 1. The van der Waals surface area contributed by atoms with Crippen molar-refractivity contribution in [2.45, 2.75) is 24.0 Å². The van der Waals surface area contributed by atoms with E-state index >= 15 is 0 Å². The number of aromatic amines is 1. The lowest BCUT2D eigenvalue weighted by atomic mass is 10.2. The molecule has 3 aromatic rings. The highest BCUT2D eigenvalue weighted by atomic mass is 32.2. The molecule has 120 valence electrons. The smallest absolute Gasteiger partial charge is 0.269 e. The molecule has 23 heavy (non-hydrogen) atoms. The molecule has 1 amide bonds. The number of thiophene rings is 1. The van der Waals surface area contributed by atoms with E-state index < -0.39 is 0 Å². The number of tetrazole rings is 1. The summed E-state index contributed by atoms with van der Waals surface area (Å²) in [7, 11) is 1.63. The van der Waals surface area contributed by atoms with Crippen LogP contribution in [0.5, 0.6) is 5.75 Å². The van der Waals surface area contributed by atoms with Crippen LogP contribution in [0.2, 0.25) is 0 Å². The van der Waals surface area contributed by atoms with Crippen LogP contribution >= 0.6 is 23.1 Å². The Hall–Kier alpha value is -2.13. The van der Waals surface area contributed by atoms with Crippen molar-refractivity contribution in [3.63, 3.8) is 0 Å². The predicted molar refractivity (Wildman–Crippen MR) is 91.5 cm³/mol. The number of methoxy groups -OCH3 is 1. The van der Waals surface area contributed by atoms with E-state index in [2.05, 4.69) is 39.8 Å². The van der Waals surface area contributed by atoms with Crippen molar-refractivity contribution >= 4 is 45.0 Å². The van der Waals surface area contributed by atoms with Gasteiger partial charge in [-0.15, -0.1) is 23.1 Å². The number of carbonyl (C=O) groups is 1. The number of ether oxygens (including phenoxy) is 1. The van der Waals surface area contributed by atoms with Crippen molar-refractivity contribution in [2.24, 2.45) is 0 Å². The van der Waals surface area contributed by atoms with Crippen LogP contribution < -0.4 is 10.1 Å². The van der Waals surface area contributed by atoms with Gasteiger partial charge in [0.1, 0.15) is 10.6 Å². The number of thioether (sulfide) groups is 1. The van der Waals surface area contributed by atoms with E-state index in [-0.39, 0.29) is 11.9 Å². The molecule has 0 fully saturated rings. The maximum absolute atomic E-state index is 12.6. The molecule has 2 N–H and O–H groups in total. The Kier molecular flexibility index (Phi) is 4.49. The first kappa shape index (κ1) is 15.8. The normalized spacial score (nSPS) is 11.1. The number of benzene rings is 1. The van der Waals surface area contributed by atoms with Gasteiger partial charge in [-0.1, -0.05) is 18.9 Å². The standard InChI is InChI=1S/C14H15N5O2S2/c1-7(2)22-11-9-6-8(21-3)4-5-10(9)23-12(11)13(20)15-14-16-18-19-17-14/h4-7H,1-3H3,(H2,15,16,17,18,19,20). The third kappa shape index (κ3) is 3.30. The Morgan fingerprint density at radius 2 is 2.26 bits per heavy atom. The number of nitrogens with one attached hydrogen (secondary N) is 2. The summed E-state index contributed by atoms with van der Waals surface area (Å²) >= 11 is 3.10. The molecule has 0 aliphatic carbocycles. The molecule has 0 aliphatic rings. The first-order valence-corrected chi connectivity index (χ1v) is 8.60. The van der Waals surface area contributed by atoms with Gasteiger partial charge in [-0.2, -0.15) is 0 Å². The fraction of sp³-hybridized carbons (Fsp3) is 0.286. The zero-order valence-corrected chi connectivity index (χ0v) is 14.4. The highest BCUT2D eigenvalue weighted by Gasteiger charge is 2.21. The number of aromatic nitrogens is 4. The van der Waals surface area contributed by atoms with Crippen molar-refractivity contribution < 1.29 is 9.53 Å². The van der Waals surface area contributed by atoms with E-state index in [0.29, 0.717) is 10.1 Å². The molecule has 0 radical (unpaired) electrons. The summed E-state index contributed by atoms with van der Waals surface area (Å²) in [6, 6.07) is 5.82. The average Bonchev–Trinajstić information content (AvgIpc) is 3.14. The molecular formula is C14H15N5O2S2. The third-order valence-electron chi connectivity index (χ3n) is 2.99. The van der Waals surface area contributed by atoms with Gasteiger partial charge in [0, 0.05) is 20.2 Å². The molecule has 2 aromatic heterocycles. The van der Waals surface area contributed by atoms with E-state index in [1.165, 1.54) is 11.3 Å². The Balaban J connectivity index is 2.05. The molecule has 0 saturated carbocycles. The fourth-order valence-corrected chi connectivity index (χ4v) is 4.33. The summed E-state index contributed by atoms with van der Waals surface area (Å²) in [5.74, 6) is 0.768. The van der Waals surface area contributed by atoms with Crippen LogP contribution in [0.3, 0.4) is 0 Å². The van der Waals surface area contributed by atoms with Crippen molar-refractivity contribution in [3.8, 4) is 5.75 Å². The van der Waals surface area contributed by atoms with Crippen LogP contribution in [0, 0.1) is 0 Å². The second-order valence-corrected chi connectivity index (χ2v) is 7.63. The van der Waals surface area contributed by atoms with Crippen LogP contribution in [-0.4, -0.2) is 38.9 Å². The Morgan fingerprint density at radius 3 is 2.91 bits per heavy atom. The average molecular weight is 349 g/mol. The van der Waals surface area contributed by atoms with Crippen LogP contribution in [0.4, 0.5) is 5.95 Å². The van der Waals surface area contributed by atoms with Crippen molar-refractivity contribution in [1.29, 1.82) is 0 Å². The molecule has 0 unspecified atom stereocenters. The van der Waals surface area contributed by atoms with Gasteiger partial charge in [-0.05, 0) is 28.6 Å². The molecule has 3 rings (SSSR count). The SMILES string of the molecule is COc1ccc2sc(C(=O)Nc3nnn[nH]3)c(SC(C)C)c2c1. The van der Waals surface area contributed by atoms with Gasteiger partial charge in [-0.3, -0.25) is 10.1 Å². The minimum atomic E-state index is -0.230. The Labute approximate surface area is 140 Å². The second kappa shape index (κ2) is 6.55. The Morgan fingerprint density at radius 1 is 1.43 bits per heavy atom. The maximum Gasteiger partial charge on any atom is 0.269 e. The highest BCUT2D eigenvalue weighted by Crippen LogP contribution is 2.41. The van der Waals surface area contributed by atoms with E-state index in [9.17, 15) is 4.79 Å². The molecule has 0 bridgehead atoms. The van der Waals surface area contributed by atoms with Gasteiger partial charge in [-0.25, -0.2) is 5.10 Å². The zero-order chi connectivity index (χ0) is 16.4. The van der Waals surface area contributed by atoms with Crippen molar-refractivity contribution in [3.05, 3.63) is 23.1 Å². The predicted octanol–water partition coefficient (Wildman–Crippen LogP) is 3.18. The molecule has 0 saturated heterocycles. The van der Waals surface area contributed by atoms with Crippen LogP contribution in [0.1, 0.15) is 23.5 Å². The summed E-state index contributed by atoms with van der Waals surface area (Å²) in [5.41, 5.74) is 0. The van der Waals surface area contributed by atoms with Gasteiger partial charge in [0.15, 0.2) is 0 Å². The van der Waals surface area contributed by atoms with Gasteiger partial charge in [0.05, 0.1) is 7.11 Å². The van der Waals surface area contributed by atoms with Crippen LogP contribution in [0.15, 0.2) is 23.1 Å². The summed E-state index contributed by atoms with van der Waals surface area (Å²) in [6.07, 6.45) is 0. The number of rotatable bonds is 5. The van der Waals surface area contributed by atoms with Gasteiger partial charge >= 0.3 is 0 Å². The second-order valence-electron chi connectivity index (χ2n) is 4.99. The van der Waals surface area contributed by atoms with Gasteiger partial charge in [0.25, 0.3) is 5.91 Å². The lowest BCUT2D eigenvalue weighted by Crippen LogP contribution is -2.12. The quantitative estimate of drug-likeness (QED) is 0.687. The fourth-order valence-electron chi connectivity index (χ4n) is 2.06. The first-order chi connectivity index (χ1) is 11.1. The largest absolute Gasteiger partial charge is 0.497 e. The topological polar surface area (TPSA) is 92.8 Å². The number of amides is 1. The lowest BCUT2D eigenvalue weighted by molar-refractivity contribution is 0.102. The molecule has 2 heterocycles. The van der Waals surface area contributed by atoms with E-state index in [1.807, 2.05) is 18.2 Å². The lowest BCUT2D eigenvalue weighted by Gasteiger charge is -2.07. The molecule has 0 atom stereocenters. The Bertz CT molecular complexity index is 829. The summed E-state index contributed by atoms with van der Waals surface area (Å²) in [5, 5.41) is 17.2. The summed E-state index contributed by atoms with van der Waals surface area (Å²) in [6.45, 7) is 4.19. The molecule has 7 nitrogen and oxygen atoms in total. The number of fused-ring (bicyclic) bond motifs is 1. The highest BCUT2D eigenvalue weighted by molar-refractivity contribution is 8.00. The number of hydrogen-bond donors (Lipinski definition) is 2. The first-order valence-electron chi connectivity index (χ1n) is 6.90. The van der Waals surface area contributed by atoms with Crippen LogP contribution in [0.25, 0.3) is 10.1 Å². The van der Waals surface area contributed by atoms with E-state index in [1.54, 1.807) is 18.9 Å². The summed E-state index contributed by atoms with van der Waals surface area (Å²) < 4.78 is 6.34. The van der Waals surface area contributed by atoms with Gasteiger partial charge in [0.2, 0.25) is 5.95 Å². The maximum atomic E-state index is 12.6. The molecule has 1 aromatic carbocycles. The van der Waals surface area contributed by atoms with Crippen molar-refractivity contribution in [2.75, 3.05) is 12.4 Å². The van der Waals surface area contributed by atoms with Gasteiger partial charge < -0.3 is 4.74 Å². The van der Waals surface area contributed by atoms with Crippen molar-refractivity contribution in [1.82, 2.24) is 20.6 Å². The van der Waals surface area contributed by atoms with Crippen LogP contribution in [-0.2, 0) is 0 Å². The summed E-state index contributed by atoms with van der Waals surface area (Å²) in [4.78, 5) is 14.2. The molecular weight excluding hydrogens is 334 g/mol. The molecule has 9 heteroatoms. The van der Waals surface area contributed by atoms with E-state index in [4.69, 9.17) is 4.74 Å². The minimum absolute atomic E-state index is 0.227. The number of anilines is 1. The van der Waals surface area contributed by atoms with E-state index in [0.717, 1.165) is 20.7 Å². The molecule has 0 aliphatic heterocycles. The third-order valence-corrected chi connectivity index (χ3v) is 5.42. The minimum Gasteiger partial charge on any atom is -0.497 e. The molecule has 0 spiro atoms. The number of nitrogens with zero attached hydrogens (tertiary/aromatic N) is 3. The zero-order valence-electron chi connectivity index (χ0n) is 12.8. The monoisotopic (exact) mass is 349 g/mol.